The van der Waals surface area contributed by atoms with Gasteiger partial charge in [0.15, 0.2) is 6.61 Å². The second-order valence-corrected chi connectivity index (χ2v) is 4.12. The van der Waals surface area contributed by atoms with Crippen molar-refractivity contribution >= 4 is 17.6 Å². The molecule has 1 aliphatic rings. The maximum absolute atomic E-state index is 11.6. The standard InChI is InChI=1S/C14H13NO3/c1-2-8-18-14(17)11-4-3-5-12(9-11)15-13(16)10-6-7-10/h1,3-5,9-10H,6-8H2,(H,15,16). The first-order chi connectivity index (χ1) is 8.70. The first-order valence-electron chi connectivity index (χ1n) is 5.72. The molecule has 0 saturated heterocycles. The molecule has 0 aromatic heterocycles. The summed E-state index contributed by atoms with van der Waals surface area (Å²) in [6.07, 6.45) is 6.89. The van der Waals surface area contributed by atoms with E-state index >= 15 is 0 Å². The highest BCUT2D eigenvalue weighted by Gasteiger charge is 2.29. The molecular formula is C14H13NO3. The van der Waals surface area contributed by atoms with E-state index in [4.69, 9.17) is 11.2 Å². The molecule has 1 amide bonds. The summed E-state index contributed by atoms with van der Waals surface area (Å²) in [4.78, 5) is 23.1. The van der Waals surface area contributed by atoms with Gasteiger partial charge < -0.3 is 10.1 Å². The van der Waals surface area contributed by atoms with Crippen molar-refractivity contribution in [3.63, 3.8) is 0 Å². The third-order valence-electron chi connectivity index (χ3n) is 2.60. The van der Waals surface area contributed by atoms with Gasteiger partial charge in [-0.15, -0.1) is 6.42 Å². The van der Waals surface area contributed by atoms with Crippen LogP contribution in [0, 0.1) is 18.3 Å². The Labute approximate surface area is 105 Å². The van der Waals surface area contributed by atoms with Gasteiger partial charge in [-0.3, -0.25) is 4.79 Å². The van der Waals surface area contributed by atoms with E-state index in [0.29, 0.717) is 11.3 Å². The van der Waals surface area contributed by atoms with Crippen molar-refractivity contribution in [2.75, 3.05) is 11.9 Å². The molecule has 0 unspecified atom stereocenters. The van der Waals surface area contributed by atoms with Crippen molar-refractivity contribution in [1.29, 1.82) is 0 Å². The first kappa shape index (κ1) is 12.2. The van der Waals surface area contributed by atoms with Crippen LogP contribution in [0.5, 0.6) is 0 Å². The topological polar surface area (TPSA) is 55.4 Å². The molecule has 18 heavy (non-hydrogen) atoms. The van der Waals surface area contributed by atoms with E-state index in [1.807, 2.05) is 0 Å². The molecule has 1 saturated carbocycles. The van der Waals surface area contributed by atoms with Gasteiger partial charge in [0.1, 0.15) is 0 Å². The fourth-order valence-corrected chi connectivity index (χ4v) is 1.50. The van der Waals surface area contributed by atoms with E-state index in [1.54, 1.807) is 24.3 Å². The van der Waals surface area contributed by atoms with Crippen LogP contribution in [0.15, 0.2) is 24.3 Å². The van der Waals surface area contributed by atoms with Gasteiger partial charge in [0.25, 0.3) is 0 Å². The Morgan fingerprint density at radius 1 is 1.44 bits per heavy atom. The average Bonchev–Trinajstić information content (AvgIpc) is 3.20. The van der Waals surface area contributed by atoms with E-state index in [9.17, 15) is 9.59 Å². The summed E-state index contributed by atoms with van der Waals surface area (Å²) in [6.45, 7) is -0.0580. The number of carbonyl (C=O) groups excluding carboxylic acids is 2. The first-order valence-corrected chi connectivity index (χ1v) is 5.72. The zero-order valence-electron chi connectivity index (χ0n) is 9.81. The van der Waals surface area contributed by atoms with Crippen LogP contribution in [0.1, 0.15) is 23.2 Å². The molecule has 1 aromatic rings. The Kier molecular flexibility index (Phi) is 3.63. The number of amides is 1. The van der Waals surface area contributed by atoms with Gasteiger partial charge in [0, 0.05) is 11.6 Å². The molecule has 1 aromatic carbocycles. The zero-order chi connectivity index (χ0) is 13.0. The third kappa shape index (κ3) is 3.11. The van der Waals surface area contributed by atoms with Crippen molar-refractivity contribution in [2.24, 2.45) is 5.92 Å². The Balaban J connectivity index is 2.02. The molecule has 0 bridgehead atoms. The van der Waals surface area contributed by atoms with Gasteiger partial charge in [0.2, 0.25) is 5.91 Å². The molecule has 4 heteroatoms. The van der Waals surface area contributed by atoms with Crippen molar-refractivity contribution in [1.82, 2.24) is 0 Å². The number of esters is 1. The fraction of sp³-hybridized carbons (Fsp3) is 0.286. The van der Waals surface area contributed by atoms with Crippen molar-refractivity contribution in [3.8, 4) is 12.3 Å². The summed E-state index contributed by atoms with van der Waals surface area (Å²) in [7, 11) is 0. The summed E-state index contributed by atoms with van der Waals surface area (Å²) in [5.41, 5.74) is 0.973. The van der Waals surface area contributed by atoms with Gasteiger partial charge in [-0.1, -0.05) is 12.0 Å². The number of hydrogen-bond donors (Lipinski definition) is 1. The van der Waals surface area contributed by atoms with Gasteiger partial charge >= 0.3 is 5.97 Å². The number of rotatable bonds is 4. The molecule has 1 N–H and O–H groups in total. The number of benzene rings is 1. The van der Waals surface area contributed by atoms with E-state index in [0.717, 1.165) is 12.8 Å². The molecular weight excluding hydrogens is 230 g/mol. The maximum Gasteiger partial charge on any atom is 0.339 e. The summed E-state index contributed by atoms with van der Waals surface area (Å²) >= 11 is 0. The van der Waals surface area contributed by atoms with Crippen LogP contribution in [-0.2, 0) is 9.53 Å². The highest BCUT2D eigenvalue weighted by Crippen LogP contribution is 2.30. The molecule has 0 atom stereocenters. The minimum atomic E-state index is -0.490. The Hall–Kier alpha value is -2.28. The number of ether oxygens (including phenoxy) is 1. The zero-order valence-corrected chi connectivity index (χ0v) is 9.81. The molecule has 4 nitrogen and oxygen atoms in total. The predicted octanol–water partition coefficient (Wildman–Crippen LogP) is 1.83. The molecule has 0 heterocycles. The molecule has 92 valence electrons. The summed E-state index contributed by atoms with van der Waals surface area (Å²) in [5.74, 6) is 1.87. The number of hydrogen-bond acceptors (Lipinski definition) is 3. The lowest BCUT2D eigenvalue weighted by molar-refractivity contribution is -0.117. The lowest BCUT2D eigenvalue weighted by atomic mass is 10.2. The van der Waals surface area contributed by atoms with Crippen LogP contribution in [0.25, 0.3) is 0 Å². The van der Waals surface area contributed by atoms with Crippen LogP contribution < -0.4 is 5.32 Å². The molecule has 0 radical (unpaired) electrons. The maximum atomic E-state index is 11.6. The molecule has 1 fully saturated rings. The Morgan fingerprint density at radius 2 is 2.22 bits per heavy atom. The Bertz CT molecular complexity index is 512. The van der Waals surface area contributed by atoms with E-state index in [-0.39, 0.29) is 18.4 Å². The summed E-state index contributed by atoms with van der Waals surface area (Å²) in [5, 5.41) is 2.77. The molecule has 2 rings (SSSR count). The van der Waals surface area contributed by atoms with Crippen LogP contribution in [0.3, 0.4) is 0 Å². The monoisotopic (exact) mass is 243 g/mol. The average molecular weight is 243 g/mol. The second-order valence-electron chi connectivity index (χ2n) is 4.12. The van der Waals surface area contributed by atoms with Crippen molar-refractivity contribution in [2.45, 2.75) is 12.8 Å². The SMILES string of the molecule is C#CCOC(=O)c1cccc(NC(=O)C2CC2)c1. The van der Waals surface area contributed by atoms with Crippen LogP contribution in [-0.4, -0.2) is 18.5 Å². The second kappa shape index (κ2) is 5.37. The molecule has 0 spiro atoms. The normalized spacial score (nSPS) is 13.5. The Morgan fingerprint density at radius 3 is 2.89 bits per heavy atom. The van der Waals surface area contributed by atoms with E-state index in [1.165, 1.54) is 0 Å². The van der Waals surface area contributed by atoms with Gasteiger partial charge in [0.05, 0.1) is 5.56 Å². The molecule has 1 aliphatic carbocycles. The van der Waals surface area contributed by atoms with Crippen LogP contribution in [0.2, 0.25) is 0 Å². The minimum Gasteiger partial charge on any atom is -0.449 e. The van der Waals surface area contributed by atoms with E-state index in [2.05, 4.69) is 11.2 Å². The number of nitrogens with one attached hydrogen (secondary N) is 1. The number of anilines is 1. The number of terminal acetylenes is 1. The minimum absolute atomic E-state index is 0.00384. The van der Waals surface area contributed by atoms with Crippen molar-refractivity contribution < 1.29 is 14.3 Å². The summed E-state index contributed by atoms with van der Waals surface area (Å²) < 4.78 is 4.81. The largest absolute Gasteiger partial charge is 0.449 e. The predicted molar refractivity (Wildman–Crippen MR) is 66.9 cm³/mol. The van der Waals surface area contributed by atoms with Gasteiger partial charge in [-0.2, -0.15) is 0 Å². The van der Waals surface area contributed by atoms with Gasteiger partial charge in [-0.25, -0.2) is 4.79 Å². The highest BCUT2D eigenvalue weighted by molar-refractivity contribution is 5.96. The van der Waals surface area contributed by atoms with Gasteiger partial charge in [-0.05, 0) is 31.0 Å². The lowest BCUT2D eigenvalue weighted by Crippen LogP contribution is -2.14. The van der Waals surface area contributed by atoms with Crippen LogP contribution >= 0.6 is 0 Å². The van der Waals surface area contributed by atoms with E-state index < -0.39 is 5.97 Å². The van der Waals surface area contributed by atoms with Crippen LogP contribution in [0.4, 0.5) is 5.69 Å². The highest BCUT2D eigenvalue weighted by atomic mass is 16.5. The fourth-order valence-electron chi connectivity index (χ4n) is 1.50. The van der Waals surface area contributed by atoms with Crippen molar-refractivity contribution in [3.05, 3.63) is 29.8 Å². The summed E-state index contributed by atoms with van der Waals surface area (Å²) in [6, 6.07) is 6.62. The third-order valence-corrected chi connectivity index (χ3v) is 2.60. The smallest absolute Gasteiger partial charge is 0.339 e. The molecule has 0 aliphatic heterocycles. The number of carbonyl (C=O) groups is 2. The lowest BCUT2D eigenvalue weighted by Gasteiger charge is -2.06. The quantitative estimate of drug-likeness (QED) is 0.648.